The highest BCUT2D eigenvalue weighted by atomic mass is 32.2. The lowest BCUT2D eigenvalue weighted by Crippen LogP contribution is -2.27. The van der Waals surface area contributed by atoms with E-state index in [9.17, 15) is 4.79 Å². The maximum Gasteiger partial charge on any atom is 0.227 e. The van der Waals surface area contributed by atoms with E-state index in [-0.39, 0.29) is 5.91 Å². The Bertz CT molecular complexity index is 646. The van der Waals surface area contributed by atoms with Gasteiger partial charge < -0.3 is 14.4 Å². The summed E-state index contributed by atoms with van der Waals surface area (Å²) in [4.78, 5) is 15.2. The molecule has 2 rings (SSSR count). The Morgan fingerprint density at radius 3 is 2.43 bits per heavy atom. The molecule has 0 radical (unpaired) electrons. The molecule has 0 heterocycles. The number of methoxy groups -OCH3 is 2. The third-order valence-corrected chi connectivity index (χ3v) is 4.46. The van der Waals surface area contributed by atoms with E-state index < -0.39 is 0 Å². The maximum absolute atomic E-state index is 12.4. The third-order valence-electron chi connectivity index (χ3n) is 3.45. The van der Waals surface area contributed by atoms with Crippen molar-refractivity contribution >= 4 is 23.4 Å². The number of carbonyl (C=O) groups excluding carboxylic acids is 1. The molecule has 2 aromatic rings. The molecule has 1 amide bonds. The minimum Gasteiger partial charge on any atom is -0.493 e. The number of hydrogen-bond donors (Lipinski definition) is 0. The van der Waals surface area contributed by atoms with Crippen LogP contribution in [0.2, 0.25) is 0 Å². The zero-order valence-electron chi connectivity index (χ0n) is 13.6. The lowest BCUT2D eigenvalue weighted by atomic mass is 10.2. The molecule has 0 fully saturated rings. The van der Waals surface area contributed by atoms with Gasteiger partial charge in [0.05, 0.1) is 19.9 Å². The number of thioether (sulfide) groups is 1. The molecule has 0 saturated carbocycles. The number of anilines is 1. The smallest absolute Gasteiger partial charge is 0.227 e. The van der Waals surface area contributed by atoms with E-state index in [1.807, 2.05) is 48.5 Å². The molecule has 2 aromatic carbocycles. The molecule has 0 atom stereocenters. The van der Waals surface area contributed by atoms with Gasteiger partial charge in [0.2, 0.25) is 5.91 Å². The van der Waals surface area contributed by atoms with Crippen molar-refractivity contribution in [2.24, 2.45) is 0 Å². The molecule has 0 saturated heterocycles. The SMILES string of the molecule is COc1cccc(N(C)C(=O)CCSc2ccccc2)c1OC. The molecule has 4 nitrogen and oxygen atoms in total. The fourth-order valence-electron chi connectivity index (χ4n) is 2.21. The molecule has 0 spiro atoms. The zero-order valence-corrected chi connectivity index (χ0v) is 14.4. The number of hydrogen-bond acceptors (Lipinski definition) is 4. The first-order valence-electron chi connectivity index (χ1n) is 7.32. The van der Waals surface area contributed by atoms with Crippen molar-refractivity contribution in [1.29, 1.82) is 0 Å². The van der Waals surface area contributed by atoms with Crippen LogP contribution in [-0.2, 0) is 4.79 Å². The van der Waals surface area contributed by atoms with Crippen molar-refractivity contribution in [3.8, 4) is 11.5 Å². The van der Waals surface area contributed by atoms with E-state index in [0.717, 1.165) is 5.75 Å². The second-order valence-corrected chi connectivity index (χ2v) is 6.05. The van der Waals surface area contributed by atoms with Gasteiger partial charge in [-0.2, -0.15) is 0 Å². The number of para-hydroxylation sites is 1. The maximum atomic E-state index is 12.4. The van der Waals surface area contributed by atoms with Crippen LogP contribution in [-0.4, -0.2) is 32.9 Å². The van der Waals surface area contributed by atoms with Crippen LogP contribution in [0.1, 0.15) is 6.42 Å². The summed E-state index contributed by atoms with van der Waals surface area (Å²) in [5.41, 5.74) is 0.710. The average Bonchev–Trinajstić information content (AvgIpc) is 2.61. The van der Waals surface area contributed by atoms with Crippen molar-refractivity contribution in [2.45, 2.75) is 11.3 Å². The highest BCUT2D eigenvalue weighted by Crippen LogP contribution is 2.37. The molecular weight excluding hydrogens is 310 g/mol. The normalized spacial score (nSPS) is 10.2. The van der Waals surface area contributed by atoms with E-state index in [1.165, 1.54) is 4.90 Å². The number of amides is 1. The largest absolute Gasteiger partial charge is 0.493 e. The summed E-state index contributed by atoms with van der Waals surface area (Å²) in [5.74, 6) is 1.96. The summed E-state index contributed by atoms with van der Waals surface area (Å²) in [6.07, 6.45) is 0.455. The van der Waals surface area contributed by atoms with Crippen LogP contribution < -0.4 is 14.4 Å². The number of ether oxygens (including phenoxy) is 2. The van der Waals surface area contributed by atoms with Gasteiger partial charge in [0.1, 0.15) is 0 Å². The molecule has 122 valence electrons. The molecule has 0 unspecified atom stereocenters. The standard InChI is InChI=1S/C18H21NO3S/c1-19(15-10-7-11-16(21-2)18(15)22-3)17(20)12-13-23-14-8-5-4-6-9-14/h4-11H,12-13H2,1-3H3. The predicted octanol–water partition coefficient (Wildman–Crippen LogP) is 3.85. The summed E-state index contributed by atoms with van der Waals surface area (Å²) in [6.45, 7) is 0. The Morgan fingerprint density at radius 1 is 1.04 bits per heavy atom. The van der Waals surface area contributed by atoms with Gasteiger partial charge in [0, 0.05) is 24.1 Å². The third kappa shape index (κ3) is 4.42. The lowest BCUT2D eigenvalue weighted by Gasteiger charge is -2.21. The molecule has 0 aliphatic carbocycles. The topological polar surface area (TPSA) is 38.8 Å². The van der Waals surface area contributed by atoms with Gasteiger partial charge in [-0.15, -0.1) is 11.8 Å². The molecule has 0 aromatic heterocycles. The Kier molecular flexibility index (Phi) is 6.35. The fraction of sp³-hybridized carbons (Fsp3) is 0.278. The van der Waals surface area contributed by atoms with E-state index >= 15 is 0 Å². The summed E-state index contributed by atoms with van der Waals surface area (Å²) >= 11 is 1.68. The molecule has 0 bridgehead atoms. The summed E-state index contributed by atoms with van der Waals surface area (Å²) < 4.78 is 10.7. The van der Waals surface area contributed by atoms with Crippen LogP contribution in [0.3, 0.4) is 0 Å². The fourth-order valence-corrected chi connectivity index (χ4v) is 3.07. The molecular formula is C18H21NO3S. The second kappa shape index (κ2) is 8.48. The second-order valence-electron chi connectivity index (χ2n) is 4.88. The minimum atomic E-state index is 0.0417. The summed E-state index contributed by atoms with van der Waals surface area (Å²) in [7, 11) is 4.91. The molecule has 0 aliphatic rings. The van der Waals surface area contributed by atoms with Crippen molar-refractivity contribution in [2.75, 3.05) is 31.9 Å². The number of benzene rings is 2. The van der Waals surface area contributed by atoms with Gasteiger partial charge >= 0.3 is 0 Å². The van der Waals surface area contributed by atoms with Crippen LogP contribution in [0, 0.1) is 0 Å². The van der Waals surface area contributed by atoms with Crippen molar-refractivity contribution < 1.29 is 14.3 Å². The Labute approximate surface area is 141 Å². The van der Waals surface area contributed by atoms with E-state index in [2.05, 4.69) is 0 Å². The van der Waals surface area contributed by atoms with Crippen LogP contribution in [0.25, 0.3) is 0 Å². The first-order valence-corrected chi connectivity index (χ1v) is 8.31. The number of nitrogens with zero attached hydrogens (tertiary/aromatic N) is 1. The van der Waals surface area contributed by atoms with Crippen molar-refractivity contribution in [3.63, 3.8) is 0 Å². The van der Waals surface area contributed by atoms with Gasteiger partial charge in [-0.25, -0.2) is 0 Å². The van der Waals surface area contributed by atoms with E-state index in [1.54, 1.807) is 37.9 Å². The Hall–Kier alpha value is -2.14. The quantitative estimate of drug-likeness (QED) is 0.723. The molecule has 0 aliphatic heterocycles. The Morgan fingerprint density at radius 2 is 1.78 bits per heavy atom. The van der Waals surface area contributed by atoms with Crippen LogP contribution in [0.4, 0.5) is 5.69 Å². The van der Waals surface area contributed by atoms with Gasteiger partial charge in [0.15, 0.2) is 11.5 Å². The van der Waals surface area contributed by atoms with Crippen molar-refractivity contribution in [3.05, 3.63) is 48.5 Å². The number of rotatable bonds is 7. The highest BCUT2D eigenvalue weighted by Gasteiger charge is 2.18. The first-order chi connectivity index (χ1) is 11.2. The van der Waals surface area contributed by atoms with Crippen LogP contribution in [0.15, 0.2) is 53.4 Å². The van der Waals surface area contributed by atoms with Crippen LogP contribution >= 0.6 is 11.8 Å². The highest BCUT2D eigenvalue weighted by molar-refractivity contribution is 7.99. The van der Waals surface area contributed by atoms with Gasteiger partial charge in [-0.3, -0.25) is 4.79 Å². The van der Waals surface area contributed by atoms with Gasteiger partial charge in [0.25, 0.3) is 0 Å². The number of carbonyl (C=O) groups is 1. The predicted molar refractivity (Wildman–Crippen MR) is 94.7 cm³/mol. The van der Waals surface area contributed by atoms with Gasteiger partial charge in [-0.1, -0.05) is 24.3 Å². The minimum absolute atomic E-state index is 0.0417. The monoisotopic (exact) mass is 331 g/mol. The van der Waals surface area contributed by atoms with Gasteiger partial charge in [-0.05, 0) is 24.3 Å². The lowest BCUT2D eigenvalue weighted by molar-refractivity contribution is -0.117. The van der Waals surface area contributed by atoms with Crippen molar-refractivity contribution in [1.82, 2.24) is 0 Å². The summed E-state index contributed by atoms with van der Waals surface area (Å²) in [6, 6.07) is 15.6. The van der Waals surface area contributed by atoms with E-state index in [0.29, 0.717) is 23.6 Å². The molecule has 5 heteroatoms. The molecule has 0 N–H and O–H groups in total. The van der Waals surface area contributed by atoms with E-state index in [4.69, 9.17) is 9.47 Å². The summed E-state index contributed by atoms with van der Waals surface area (Å²) in [5, 5.41) is 0. The Balaban J connectivity index is 1.99. The first kappa shape index (κ1) is 17.2. The molecule has 23 heavy (non-hydrogen) atoms. The average molecular weight is 331 g/mol. The zero-order chi connectivity index (χ0) is 16.7. The van der Waals surface area contributed by atoms with Crippen LogP contribution in [0.5, 0.6) is 11.5 Å².